The van der Waals surface area contributed by atoms with Gasteiger partial charge in [-0.15, -0.1) is 6.58 Å². The van der Waals surface area contributed by atoms with Crippen molar-refractivity contribution >= 4 is 11.7 Å². The maximum Gasteiger partial charge on any atom is 0.340 e. The van der Waals surface area contributed by atoms with E-state index in [9.17, 15) is 13.6 Å². The topological polar surface area (TPSA) is 38.3 Å². The van der Waals surface area contributed by atoms with Crippen molar-refractivity contribution in [1.29, 1.82) is 0 Å². The molecule has 1 N–H and O–H groups in total. The Bertz CT molecular complexity index is 475. The SMILES string of the molecule is C=CCCC(C)Nc1cc(C(=O)OC)c(F)cc1F. The van der Waals surface area contributed by atoms with Crippen molar-refractivity contribution < 1.29 is 18.3 Å². The number of hydrogen-bond acceptors (Lipinski definition) is 3. The number of esters is 1. The number of rotatable bonds is 6. The molecule has 1 aromatic carbocycles. The van der Waals surface area contributed by atoms with Gasteiger partial charge in [0.15, 0.2) is 0 Å². The zero-order chi connectivity index (χ0) is 14.4. The van der Waals surface area contributed by atoms with Crippen molar-refractivity contribution in [3.05, 3.63) is 42.0 Å². The van der Waals surface area contributed by atoms with Crippen molar-refractivity contribution in [1.82, 2.24) is 0 Å². The Kier molecular flexibility index (Phi) is 5.48. The summed E-state index contributed by atoms with van der Waals surface area (Å²) in [7, 11) is 1.14. The van der Waals surface area contributed by atoms with Gasteiger partial charge in [-0.1, -0.05) is 6.08 Å². The molecule has 1 unspecified atom stereocenters. The molecule has 0 amide bonds. The third-order valence-electron chi connectivity index (χ3n) is 2.67. The first-order chi connectivity index (χ1) is 8.99. The second kappa shape index (κ2) is 6.87. The van der Waals surface area contributed by atoms with Crippen molar-refractivity contribution in [3.63, 3.8) is 0 Å². The molecule has 1 aromatic rings. The Hall–Kier alpha value is -1.91. The number of carbonyl (C=O) groups is 1. The minimum atomic E-state index is -0.936. The largest absolute Gasteiger partial charge is 0.465 e. The predicted octanol–water partition coefficient (Wildman–Crippen LogP) is 3.52. The molecule has 19 heavy (non-hydrogen) atoms. The highest BCUT2D eigenvalue weighted by molar-refractivity contribution is 5.90. The first-order valence-electron chi connectivity index (χ1n) is 5.94. The lowest BCUT2D eigenvalue weighted by Gasteiger charge is -2.16. The fourth-order valence-corrected chi connectivity index (χ4v) is 1.63. The quantitative estimate of drug-likeness (QED) is 0.634. The van der Waals surface area contributed by atoms with Crippen LogP contribution in [0.2, 0.25) is 0 Å². The lowest BCUT2D eigenvalue weighted by atomic mass is 10.1. The van der Waals surface area contributed by atoms with Crippen LogP contribution in [0.5, 0.6) is 0 Å². The summed E-state index contributed by atoms with van der Waals surface area (Å²) < 4.78 is 31.5. The van der Waals surface area contributed by atoms with Crippen LogP contribution in [-0.4, -0.2) is 19.1 Å². The minimum absolute atomic E-state index is 0.0246. The minimum Gasteiger partial charge on any atom is -0.465 e. The predicted molar refractivity (Wildman–Crippen MR) is 70.2 cm³/mol. The summed E-state index contributed by atoms with van der Waals surface area (Å²) in [5, 5.41) is 2.89. The standard InChI is InChI=1S/C14H17F2NO2/c1-4-5-6-9(2)17-13-7-10(14(18)19-3)11(15)8-12(13)16/h4,7-9,17H,1,5-6H2,2-3H3. The summed E-state index contributed by atoms with van der Waals surface area (Å²) in [6.07, 6.45) is 3.30. The van der Waals surface area contributed by atoms with Crippen molar-refractivity contribution in [3.8, 4) is 0 Å². The first-order valence-corrected chi connectivity index (χ1v) is 5.94. The molecule has 0 aliphatic heterocycles. The molecule has 104 valence electrons. The van der Waals surface area contributed by atoms with Crippen molar-refractivity contribution in [2.75, 3.05) is 12.4 Å². The molecule has 5 heteroatoms. The van der Waals surface area contributed by atoms with Crippen LogP contribution in [0.4, 0.5) is 14.5 Å². The van der Waals surface area contributed by atoms with Crippen LogP contribution in [-0.2, 0) is 4.74 Å². The molecule has 0 fully saturated rings. The van der Waals surface area contributed by atoms with Gasteiger partial charge in [-0.3, -0.25) is 0 Å². The first kappa shape index (κ1) is 15.1. The Labute approximate surface area is 111 Å². The summed E-state index contributed by atoms with van der Waals surface area (Å²) in [5.74, 6) is -2.51. The van der Waals surface area contributed by atoms with Crippen LogP contribution < -0.4 is 5.32 Å². The number of anilines is 1. The van der Waals surface area contributed by atoms with Crippen LogP contribution >= 0.6 is 0 Å². The summed E-state index contributed by atoms with van der Waals surface area (Å²) in [6, 6.07) is 1.78. The van der Waals surface area contributed by atoms with E-state index in [-0.39, 0.29) is 17.3 Å². The number of benzene rings is 1. The number of hydrogen-bond donors (Lipinski definition) is 1. The average Bonchev–Trinajstić information content (AvgIpc) is 2.38. The molecule has 1 rings (SSSR count). The molecule has 0 aromatic heterocycles. The second-order valence-electron chi connectivity index (χ2n) is 4.21. The van der Waals surface area contributed by atoms with Gasteiger partial charge in [0.05, 0.1) is 18.4 Å². The summed E-state index contributed by atoms with van der Waals surface area (Å²) >= 11 is 0. The number of carbonyl (C=O) groups excluding carboxylic acids is 1. The highest BCUT2D eigenvalue weighted by Crippen LogP contribution is 2.21. The molecule has 0 bridgehead atoms. The molecule has 1 atom stereocenters. The summed E-state index contributed by atoms with van der Waals surface area (Å²) in [5.41, 5.74) is -0.208. The van der Waals surface area contributed by atoms with E-state index >= 15 is 0 Å². The number of allylic oxidation sites excluding steroid dienone is 1. The van der Waals surface area contributed by atoms with E-state index in [4.69, 9.17) is 0 Å². The van der Waals surface area contributed by atoms with Crippen molar-refractivity contribution in [2.45, 2.75) is 25.8 Å². The molecule has 0 heterocycles. The number of methoxy groups -OCH3 is 1. The average molecular weight is 269 g/mol. The van der Waals surface area contributed by atoms with Gasteiger partial charge in [-0.05, 0) is 25.8 Å². The van der Waals surface area contributed by atoms with Gasteiger partial charge in [0, 0.05) is 12.1 Å². The zero-order valence-corrected chi connectivity index (χ0v) is 11.0. The van der Waals surface area contributed by atoms with Gasteiger partial charge in [0.2, 0.25) is 0 Å². The Morgan fingerprint density at radius 1 is 1.47 bits per heavy atom. The van der Waals surface area contributed by atoms with E-state index in [0.717, 1.165) is 26.0 Å². The smallest absolute Gasteiger partial charge is 0.340 e. The third kappa shape index (κ3) is 4.05. The van der Waals surface area contributed by atoms with E-state index in [2.05, 4.69) is 16.6 Å². The highest BCUT2D eigenvalue weighted by atomic mass is 19.1. The number of halogens is 2. The van der Waals surface area contributed by atoms with Crippen LogP contribution in [0, 0.1) is 11.6 Å². The van der Waals surface area contributed by atoms with Gasteiger partial charge in [-0.2, -0.15) is 0 Å². The molecule has 3 nitrogen and oxygen atoms in total. The molecule has 0 saturated heterocycles. The molecular formula is C14H17F2NO2. The summed E-state index contributed by atoms with van der Waals surface area (Å²) in [4.78, 5) is 11.3. The van der Waals surface area contributed by atoms with E-state index in [1.54, 1.807) is 6.08 Å². The second-order valence-corrected chi connectivity index (χ2v) is 4.21. The van der Waals surface area contributed by atoms with Gasteiger partial charge < -0.3 is 10.1 Å². The molecule has 0 aliphatic rings. The molecule has 0 spiro atoms. The van der Waals surface area contributed by atoms with Gasteiger partial charge in [0.25, 0.3) is 0 Å². The van der Waals surface area contributed by atoms with E-state index in [1.807, 2.05) is 6.92 Å². The lowest BCUT2D eigenvalue weighted by Crippen LogP contribution is -2.17. The van der Waals surface area contributed by atoms with Gasteiger partial charge in [0.1, 0.15) is 11.6 Å². The van der Waals surface area contributed by atoms with Crippen LogP contribution in [0.15, 0.2) is 24.8 Å². The fourth-order valence-electron chi connectivity index (χ4n) is 1.63. The lowest BCUT2D eigenvalue weighted by molar-refractivity contribution is 0.0595. The zero-order valence-electron chi connectivity index (χ0n) is 11.0. The number of ether oxygens (including phenoxy) is 1. The Balaban J connectivity index is 2.94. The van der Waals surface area contributed by atoms with Crippen LogP contribution in [0.1, 0.15) is 30.1 Å². The molecular weight excluding hydrogens is 252 g/mol. The Morgan fingerprint density at radius 2 is 2.16 bits per heavy atom. The third-order valence-corrected chi connectivity index (χ3v) is 2.67. The highest BCUT2D eigenvalue weighted by Gasteiger charge is 2.17. The van der Waals surface area contributed by atoms with Gasteiger partial charge >= 0.3 is 5.97 Å². The summed E-state index contributed by atoms with van der Waals surface area (Å²) in [6.45, 7) is 5.47. The maximum atomic E-state index is 13.6. The monoisotopic (exact) mass is 269 g/mol. The molecule has 0 saturated carbocycles. The molecule has 0 radical (unpaired) electrons. The van der Waals surface area contributed by atoms with Crippen LogP contribution in [0.3, 0.4) is 0 Å². The Morgan fingerprint density at radius 3 is 2.74 bits per heavy atom. The van der Waals surface area contributed by atoms with E-state index in [0.29, 0.717) is 6.07 Å². The van der Waals surface area contributed by atoms with Gasteiger partial charge in [-0.25, -0.2) is 13.6 Å². The number of nitrogens with one attached hydrogen (secondary N) is 1. The van der Waals surface area contributed by atoms with E-state index < -0.39 is 17.6 Å². The van der Waals surface area contributed by atoms with Crippen molar-refractivity contribution in [2.24, 2.45) is 0 Å². The van der Waals surface area contributed by atoms with E-state index in [1.165, 1.54) is 0 Å². The normalized spacial score (nSPS) is 11.8. The van der Waals surface area contributed by atoms with Crippen LogP contribution in [0.25, 0.3) is 0 Å². The maximum absolute atomic E-state index is 13.6. The fraction of sp³-hybridized carbons (Fsp3) is 0.357. The molecule has 0 aliphatic carbocycles.